The molecular weight excluding hydrogens is 438 g/mol. The lowest BCUT2D eigenvalue weighted by molar-refractivity contribution is 0.620. The zero-order chi connectivity index (χ0) is 23.6. The van der Waals surface area contributed by atoms with Crippen molar-refractivity contribution in [3.63, 3.8) is 0 Å². The number of pyridine rings is 3. The average Bonchev–Trinajstić information content (AvgIpc) is 3.33. The van der Waals surface area contributed by atoms with E-state index in [1.807, 2.05) is 60.7 Å². The third-order valence-corrected chi connectivity index (χ3v) is 5.46. The van der Waals surface area contributed by atoms with Crippen molar-refractivity contribution in [2.75, 3.05) is 10.6 Å². The van der Waals surface area contributed by atoms with Crippen molar-refractivity contribution >= 4 is 50.6 Å². The van der Waals surface area contributed by atoms with Gasteiger partial charge in [-0.3, -0.25) is 9.97 Å². The fraction of sp³-hybridized carbons (Fsp3) is 0. The smallest absolute Gasteiger partial charge is 0.228 e. The highest BCUT2D eigenvalue weighted by Gasteiger charge is 2.12. The molecule has 0 amide bonds. The van der Waals surface area contributed by atoms with Crippen molar-refractivity contribution in [1.82, 2.24) is 19.9 Å². The molecule has 0 aliphatic heterocycles. The number of oxazole rings is 1. The number of fused-ring (bicyclic) bond motifs is 2. The minimum absolute atomic E-state index is 0.479. The Labute approximate surface area is 200 Å². The molecule has 6 aromatic rings. The largest absolute Gasteiger partial charge is 0.434 e. The van der Waals surface area contributed by atoms with E-state index >= 15 is 0 Å². The van der Waals surface area contributed by atoms with Gasteiger partial charge in [-0.2, -0.15) is 4.98 Å². The molecule has 8 nitrogen and oxygen atoms in total. The first kappa shape index (κ1) is 20.3. The highest BCUT2D eigenvalue weighted by molar-refractivity contribution is 5.95. The first-order valence-corrected chi connectivity index (χ1v) is 10.8. The number of aromatic nitrogens is 4. The second kappa shape index (κ2) is 8.57. The van der Waals surface area contributed by atoms with Crippen LogP contribution in [-0.2, 0) is 0 Å². The zero-order valence-corrected chi connectivity index (χ0v) is 18.3. The van der Waals surface area contributed by atoms with E-state index in [-0.39, 0.29) is 0 Å². The van der Waals surface area contributed by atoms with Crippen molar-refractivity contribution in [2.24, 2.45) is 0 Å². The number of hydrogen-bond acceptors (Lipinski definition) is 7. The molecule has 2 N–H and O–H groups in total. The van der Waals surface area contributed by atoms with Crippen LogP contribution < -0.4 is 10.6 Å². The topological polar surface area (TPSA) is 93.1 Å². The van der Waals surface area contributed by atoms with E-state index in [1.54, 1.807) is 30.9 Å². The minimum atomic E-state index is 0.479. The highest BCUT2D eigenvalue weighted by Crippen LogP contribution is 2.31. The summed E-state index contributed by atoms with van der Waals surface area (Å²) in [6.45, 7) is 7.30. The van der Waals surface area contributed by atoms with E-state index in [0.29, 0.717) is 22.8 Å². The summed E-state index contributed by atoms with van der Waals surface area (Å²) in [6.07, 6.45) is 6.91. The van der Waals surface area contributed by atoms with Gasteiger partial charge in [-0.25, -0.2) is 9.83 Å². The molecule has 0 bridgehead atoms. The summed E-state index contributed by atoms with van der Waals surface area (Å²) in [5.74, 6) is 0.479. The van der Waals surface area contributed by atoms with Crippen molar-refractivity contribution in [3.05, 3.63) is 103 Å². The van der Waals surface area contributed by atoms with Crippen molar-refractivity contribution in [2.45, 2.75) is 0 Å². The molecule has 6 rings (SSSR count). The third kappa shape index (κ3) is 4.10. The predicted molar refractivity (Wildman–Crippen MR) is 136 cm³/mol. The van der Waals surface area contributed by atoms with Gasteiger partial charge in [-0.15, -0.1) is 0 Å². The van der Waals surface area contributed by atoms with Crippen molar-refractivity contribution in [1.29, 1.82) is 0 Å². The quantitative estimate of drug-likeness (QED) is 0.274. The molecule has 0 spiro atoms. The van der Waals surface area contributed by atoms with Crippen LogP contribution in [0.15, 0.2) is 95.9 Å². The maximum atomic E-state index is 7.30. The van der Waals surface area contributed by atoms with Crippen LogP contribution in [0.25, 0.3) is 38.4 Å². The van der Waals surface area contributed by atoms with E-state index in [4.69, 9.17) is 11.0 Å². The van der Waals surface area contributed by atoms with Gasteiger partial charge in [-0.05, 0) is 48.5 Å². The second-order valence-corrected chi connectivity index (χ2v) is 7.80. The molecule has 2 aromatic carbocycles. The Hall–Kier alpha value is -5.29. The standard InChI is InChI=1S/C27H17N7O/c1-28-19-5-6-23-22(14-19)24(9-12-30-23)33-20-4-2-3-17(13-20)27-34-26-25(35-27)15-21(16-31-26)32-18-7-10-29-11-8-18/h2-16H,(H,29,32)(H,30,33). The van der Waals surface area contributed by atoms with Crippen molar-refractivity contribution < 1.29 is 4.42 Å². The Morgan fingerprint density at radius 3 is 2.60 bits per heavy atom. The summed E-state index contributed by atoms with van der Waals surface area (Å²) < 4.78 is 6.04. The Balaban J connectivity index is 1.30. The van der Waals surface area contributed by atoms with Crippen LogP contribution in [-0.4, -0.2) is 19.9 Å². The summed E-state index contributed by atoms with van der Waals surface area (Å²) in [4.78, 5) is 21.0. The highest BCUT2D eigenvalue weighted by atomic mass is 16.3. The van der Waals surface area contributed by atoms with Crippen LogP contribution in [0.2, 0.25) is 0 Å². The van der Waals surface area contributed by atoms with Crippen LogP contribution >= 0.6 is 0 Å². The first-order chi connectivity index (χ1) is 17.2. The van der Waals surface area contributed by atoms with Gasteiger partial charge in [0.2, 0.25) is 5.89 Å². The second-order valence-electron chi connectivity index (χ2n) is 7.80. The number of nitrogens with zero attached hydrogens (tertiary/aromatic N) is 5. The lowest BCUT2D eigenvalue weighted by Gasteiger charge is -2.10. The average molecular weight is 455 g/mol. The molecule has 166 valence electrons. The monoisotopic (exact) mass is 455 g/mol. The van der Waals surface area contributed by atoms with E-state index < -0.39 is 0 Å². The number of anilines is 4. The van der Waals surface area contributed by atoms with Gasteiger partial charge in [0, 0.05) is 52.7 Å². The van der Waals surface area contributed by atoms with Gasteiger partial charge >= 0.3 is 0 Å². The summed E-state index contributed by atoms with van der Waals surface area (Å²) in [7, 11) is 0. The number of benzene rings is 2. The molecule has 8 heteroatoms. The summed E-state index contributed by atoms with van der Waals surface area (Å²) in [5.41, 5.74) is 6.75. The Bertz CT molecular complexity index is 1720. The summed E-state index contributed by atoms with van der Waals surface area (Å²) >= 11 is 0. The molecule has 35 heavy (non-hydrogen) atoms. The molecule has 0 radical (unpaired) electrons. The van der Waals surface area contributed by atoms with Gasteiger partial charge in [0.1, 0.15) is 0 Å². The SMILES string of the molecule is [C-]#[N+]c1ccc2nccc(Nc3cccc(-c4nc5ncc(Nc6ccncc6)cc5o4)c3)c2c1. The zero-order valence-electron chi connectivity index (χ0n) is 18.3. The van der Waals surface area contributed by atoms with Gasteiger partial charge in [0.15, 0.2) is 16.9 Å². The van der Waals surface area contributed by atoms with Gasteiger partial charge in [0.25, 0.3) is 0 Å². The molecule has 0 atom stereocenters. The molecule has 4 aromatic heterocycles. The Morgan fingerprint density at radius 2 is 1.71 bits per heavy atom. The number of hydrogen-bond donors (Lipinski definition) is 2. The van der Waals surface area contributed by atoms with Gasteiger partial charge < -0.3 is 15.1 Å². The van der Waals surface area contributed by atoms with E-state index in [1.165, 1.54) is 0 Å². The molecule has 0 fully saturated rings. The Morgan fingerprint density at radius 1 is 0.800 bits per heavy atom. The summed E-state index contributed by atoms with van der Waals surface area (Å²) in [5, 5.41) is 7.60. The van der Waals surface area contributed by atoms with Crippen LogP contribution in [0.5, 0.6) is 0 Å². The fourth-order valence-electron chi connectivity index (χ4n) is 3.81. The minimum Gasteiger partial charge on any atom is -0.434 e. The number of nitrogens with one attached hydrogen (secondary N) is 2. The normalized spacial score (nSPS) is 10.8. The first-order valence-electron chi connectivity index (χ1n) is 10.8. The molecule has 0 aliphatic carbocycles. The van der Waals surface area contributed by atoms with Gasteiger partial charge in [-0.1, -0.05) is 12.1 Å². The summed E-state index contributed by atoms with van der Waals surface area (Å²) in [6, 6.07) is 20.8. The van der Waals surface area contributed by atoms with Crippen LogP contribution in [0.1, 0.15) is 0 Å². The Kier molecular flexibility index (Phi) is 4.98. The molecular formula is C27H17N7O. The molecule has 0 unspecified atom stereocenters. The maximum absolute atomic E-state index is 7.30. The third-order valence-electron chi connectivity index (χ3n) is 5.46. The lowest BCUT2D eigenvalue weighted by Crippen LogP contribution is -1.93. The van der Waals surface area contributed by atoms with Crippen LogP contribution in [0.4, 0.5) is 28.4 Å². The van der Waals surface area contributed by atoms with Gasteiger partial charge in [0.05, 0.1) is 24.0 Å². The lowest BCUT2D eigenvalue weighted by atomic mass is 10.1. The van der Waals surface area contributed by atoms with Crippen LogP contribution in [0, 0.1) is 6.57 Å². The molecule has 0 saturated heterocycles. The molecule has 4 heterocycles. The predicted octanol–water partition coefficient (Wildman–Crippen LogP) is 6.87. The molecule has 0 saturated carbocycles. The van der Waals surface area contributed by atoms with Crippen molar-refractivity contribution in [3.8, 4) is 11.5 Å². The molecule has 0 aliphatic rings. The fourth-order valence-corrected chi connectivity index (χ4v) is 3.81. The maximum Gasteiger partial charge on any atom is 0.228 e. The number of rotatable bonds is 5. The van der Waals surface area contributed by atoms with Crippen LogP contribution in [0.3, 0.4) is 0 Å². The van der Waals surface area contributed by atoms with E-state index in [2.05, 4.69) is 35.4 Å². The van der Waals surface area contributed by atoms with E-state index in [0.717, 1.165) is 39.2 Å². The van der Waals surface area contributed by atoms with E-state index in [9.17, 15) is 0 Å².